The first-order valence-electron chi connectivity index (χ1n) is 6.41. The van der Waals surface area contributed by atoms with Crippen molar-refractivity contribution in [2.75, 3.05) is 19.3 Å². The van der Waals surface area contributed by atoms with Crippen molar-refractivity contribution in [3.63, 3.8) is 0 Å². The minimum atomic E-state index is -3.70. The first-order valence-corrected chi connectivity index (χ1v) is 10.9. The van der Waals surface area contributed by atoms with Gasteiger partial charge in [0.15, 0.2) is 0 Å². The van der Waals surface area contributed by atoms with E-state index in [2.05, 4.69) is 4.72 Å². The van der Waals surface area contributed by atoms with Crippen molar-refractivity contribution in [3.8, 4) is 0 Å². The molecule has 0 fully saturated rings. The molecule has 2 heterocycles. The van der Waals surface area contributed by atoms with Crippen LogP contribution in [0.1, 0.15) is 5.76 Å². The molecule has 0 atom stereocenters. The van der Waals surface area contributed by atoms with Crippen molar-refractivity contribution in [2.45, 2.75) is 10.8 Å². The Bertz CT molecular complexity index is 843. The van der Waals surface area contributed by atoms with E-state index in [0.29, 0.717) is 10.1 Å². The van der Waals surface area contributed by atoms with Gasteiger partial charge < -0.3 is 4.42 Å². The molecule has 0 bridgehead atoms. The monoisotopic (exact) mass is 398 g/mol. The van der Waals surface area contributed by atoms with Crippen molar-refractivity contribution < 1.29 is 21.3 Å². The maximum absolute atomic E-state index is 12.0. The zero-order chi connectivity index (χ0) is 17.1. The van der Waals surface area contributed by atoms with Gasteiger partial charge in [0.1, 0.15) is 9.97 Å². The quantitative estimate of drug-likeness (QED) is 0.730. The lowest BCUT2D eigenvalue weighted by Crippen LogP contribution is -2.37. The zero-order valence-electron chi connectivity index (χ0n) is 12.1. The lowest BCUT2D eigenvalue weighted by atomic mass is 10.4. The van der Waals surface area contributed by atoms with Gasteiger partial charge in [0.25, 0.3) is 0 Å². The Morgan fingerprint density at radius 2 is 2.00 bits per heavy atom. The van der Waals surface area contributed by atoms with E-state index in [1.807, 2.05) is 0 Å². The molecule has 0 radical (unpaired) electrons. The highest BCUT2D eigenvalue weighted by atomic mass is 35.5. The van der Waals surface area contributed by atoms with Crippen LogP contribution in [-0.2, 0) is 26.6 Å². The third kappa shape index (κ3) is 5.30. The van der Waals surface area contributed by atoms with Crippen LogP contribution in [0.4, 0.5) is 0 Å². The van der Waals surface area contributed by atoms with Gasteiger partial charge in [-0.25, -0.2) is 21.6 Å². The average molecular weight is 399 g/mol. The van der Waals surface area contributed by atoms with Crippen molar-refractivity contribution in [1.29, 1.82) is 0 Å². The van der Waals surface area contributed by atoms with Crippen molar-refractivity contribution >= 4 is 43.0 Å². The molecule has 0 amide bonds. The lowest BCUT2D eigenvalue weighted by Gasteiger charge is -2.18. The Kier molecular flexibility index (Phi) is 5.87. The van der Waals surface area contributed by atoms with Crippen LogP contribution in [-0.4, -0.2) is 40.5 Å². The molecular formula is C12H15ClN2O5S3. The molecule has 2 aromatic heterocycles. The SMILES string of the molecule is CS(=O)(=O)N(CCNS(=O)(=O)c1ccc(Cl)s1)Cc1ccco1. The Hall–Kier alpha value is -0.910. The van der Waals surface area contributed by atoms with Gasteiger partial charge in [0, 0.05) is 13.1 Å². The van der Waals surface area contributed by atoms with Gasteiger partial charge in [-0.2, -0.15) is 4.31 Å². The summed E-state index contributed by atoms with van der Waals surface area (Å²) in [6.07, 6.45) is 2.50. The summed E-state index contributed by atoms with van der Waals surface area (Å²) in [5.74, 6) is 0.475. The standard InChI is InChI=1S/C12H15ClN2O5S3/c1-22(16,17)15(9-10-3-2-8-20-10)7-6-14-23(18,19)12-5-4-11(13)21-12/h2-5,8,14H,6-7,9H2,1H3. The second-order valence-corrected chi connectivity index (χ2v) is 10.3. The molecular weight excluding hydrogens is 384 g/mol. The summed E-state index contributed by atoms with van der Waals surface area (Å²) in [6.45, 7) is -0.0398. The van der Waals surface area contributed by atoms with Gasteiger partial charge in [-0.15, -0.1) is 11.3 Å². The molecule has 2 rings (SSSR count). The van der Waals surface area contributed by atoms with E-state index >= 15 is 0 Å². The van der Waals surface area contributed by atoms with Crippen LogP contribution in [0.2, 0.25) is 4.34 Å². The normalized spacial score (nSPS) is 12.8. The highest BCUT2D eigenvalue weighted by Crippen LogP contribution is 2.25. The summed E-state index contributed by atoms with van der Waals surface area (Å²) in [5.41, 5.74) is 0. The molecule has 0 saturated carbocycles. The van der Waals surface area contributed by atoms with E-state index in [-0.39, 0.29) is 23.8 Å². The summed E-state index contributed by atoms with van der Waals surface area (Å²) in [5, 5.41) is 0. The minimum absolute atomic E-state index is 0.0160. The first kappa shape index (κ1) is 18.4. The Labute approximate surface area is 144 Å². The summed E-state index contributed by atoms with van der Waals surface area (Å²) in [7, 11) is -7.20. The Morgan fingerprint density at radius 1 is 1.26 bits per heavy atom. The molecule has 23 heavy (non-hydrogen) atoms. The lowest BCUT2D eigenvalue weighted by molar-refractivity contribution is 0.368. The number of thiophene rings is 1. The van der Waals surface area contributed by atoms with E-state index in [9.17, 15) is 16.8 Å². The number of halogens is 1. The highest BCUT2D eigenvalue weighted by molar-refractivity contribution is 7.91. The number of nitrogens with one attached hydrogen (secondary N) is 1. The van der Waals surface area contributed by atoms with Gasteiger partial charge in [0.05, 0.1) is 23.4 Å². The van der Waals surface area contributed by atoms with Crippen LogP contribution in [0.5, 0.6) is 0 Å². The molecule has 1 N–H and O–H groups in total. The second kappa shape index (κ2) is 7.32. The predicted octanol–water partition coefficient (Wildman–Crippen LogP) is 1.73. The van der Waals surface area contributed by atoms with E-state index < -0.39 is 20.0 Å². The topological polar surface area (TPSA) is 96.7 Å². The van der Waals surface area contributed by atoms with Gasteiger partial charge in [-0.1, -0.05) is 11.6 Å². The third-order valence-corrected chi connectivity index (χ3v) is 7.28. The molecule has 2 aromatic rings. The van der Waals surface area contributed by atoms with Crippen molar-refractivity contribution in [1.82, 2.24) is 9.03 Å². The molecule has 7 nitrogen and oxygen atoms in total. The highest BCUT2D eigenvalue weighted by Gasteiger charge is 2.21. The fraction of sp³-hybridized carbons (Fsp3) is 0.333. The fourth-order valence-corrected chi connectivity index (χ4v) is 5.09. The molecule has 0 spiro atoms. The second-order valence-electron chi connectivity index (χ2n) is 4.63. The van der Waals surface area contributed by atoms with Crippen molar-refractivity contribution in [3.05, 3.63) is 40.6 Å². The van der Waals surface area contributed by atoms with Crippen LogP contribution in [0, 0.1) is 0 Å². The molecule has 0 aliphatic carbocycles. The molecule has 11 heteroatoms. The smallest absolute Gasteiger partial charge is 0.250 e. The Morgan fingerprint density at radius 3 is 2.52 bits per heavy atom. The summed E-state index contributed by atoms with van der Waals surface area (Å²) in [4.78, 5) is 0. The zero-order valence-corrected chi connectivity index (χ0v) is 15.3. The van der Waals surface area contributed by atoms with Crippen LogP contribution in [0.15, 0.2) is 39.2 Å². The maximum Gasteiger partial charge on any atom is 0.250 e. The molecule has 0 aliphatic heterocycles. The number of rotatable bonds is 8. The summed E-state index contributed by atoms with van der Waals surface area (Å²) >= 11 is 6.65. The molecule has 128 valence electrons. The number of hydrogen-bond donors (Lipinski definition) is 1. The number of hydrogen-bond acceptors (Lipinski definition) is 6. The third-order valence-electron chi connectivity index (χ3n) is 2.85. The van der Waals surface area contributed by atoms with Gasteiger partial charge in [-0.3, -0.25) is 0 Å². The van der Waals surface area contributed by atoms with Crippen LogP contribution in [0.25, 0.3) is 0 Å². The van der Waals surface area contributed by atoms with E-state index in [1.165, 1.54) is 18.4 Å². The number of nitrogens with zero attached hydrogens (tertiary/aromatic N) is 1. The number of sulfonamides is 2. The van der Waals surface area contributed by atoms with Crippen LogP contribution >= 0.6 is 22.9 Å². The van der Waals surface area contributed by atoms with Gasteiger partial charge >= 0.3 is 0 Å². The van der Waals surface area contributed by atoms with E-state index in [4.69, 9.17) is 16.0 Å². The minimum Gasteiger partial charge on any atom is -0.468 e. The van der Waals surface area contributed by atoms with Gasteiger partial charge in [0.2, 0.25) is 20.0 Å². The molecule has 0 unspecified atom stereocenters. The van der Waals surface area contributed by atoms with Gasteiger partial charge in [-0.05, 0) is 24.3 Å². The Balaban J connectivity index is 1.99. The molecule has 0 aromatic carbocycles. The first-order chi connectivity index (χ1) is 10.7. The maximum atomic E-state index is 12.0. The van der Waals surface area contributed by atoms with Crippen LogP contribution in [0.3, 0.4) is 0 Å². The van der Waals surface area contributed by atoms with Crippen molar-refractivity contribution in [2.24, 2.45) is 0 Å². The summed E-state index contributed by atoms with van der Waals surface area (Å²) in [6, 6.07) is 6.18. The average Bonchev–Trinajstić information content (AvgIpc) is 3.08. The van der Waals surface area contributed by atoms with Crippen LogP contribution < -0.4 is 4.72 Å². The van der Waals surface area contributed by atoms with E-state index in [0.717, 1.165) is 21.9 Å². The fourth-order valence-electron chi connectivity index (χ4n) is 1.76. The largest absolute Gasteiger partial charge is 0.468 e. The van der Waals surface area contributed by atoms with E-state index in [1.54, 1.807) is 12.1 Å². The number of furan rings is 1. The molecule has 0 saturated heterocycles. The molecule has 0 aliphatic rings. The summed E-state index contributed by atoms with van der Waals surface area (Å²) < 4.78 is 56.7. The predicted molar refractivity (Wildman–Crippen MR) is 88.5 cm³/mol.